The summed E-state index contributed by atoms with van der Waals surface area (Å²) in [4.78, 5) is 24.8. The standard InChI is InChI=1S/C13H15BrN2O3S/c1-8-2-3-9(14)10(6-8)15-13(19)16-4-5-20-7-11(16)12(17)18/h2-3,6,11H,4-5,7H2,1H3,(H,15,19)(H,17,18). The average Bonchev–Trinajstić information content (AvgIpc) is 2.42. The van der Waals surface area contributed by atoms with Crippen molar-refractivity contribution >= 4 is 45.4 Å². The van der Waals surface area contributed by atoms with Gasteiger partial charge in [-0.15, -0.1) is 0 Å². The summed E-state index contributed by atoms with van der Waals surface area (Å²) in [6.45, 7) is 2.37. The van der Waals surface area contributed by atoms with Crippen molar-refractivity contribution in [1.82, 2.24) is 4.90 Å². The summed E-state index contributed by atoms with van der Waals surface area (Å²) >= 11 is 4.93. The number of nitrogens with one attached hydrogen (secondary N) is 1. The van der Waals surface area contributed by atoms with Crippen molar-refractivity contribution in [3.63, 3.8) is 0 Å². The predicted octanol–water partition coefficient (Wildman–Crippen LogP) is 2.79. The largest absolute Gasteiger partial charge is 0.480 e. The van der Waals surface area contributed by atoms with Crippen molar-refractivity contribution in [2.24, 2.45) is 0 Å². The molecule has 1 aliphatic rings. The number of rotatable bonds is 2. The Morgan fingerprint density at radius 1 is 1.50 bits per heavy atom. The van der Waals surface area contributed by atoms with Crippen LogP contribution in [0.5, 0.6) is 0 Å². The van der Waals surface area contributed by atoms with Crippen LogP contribution in [0.2, 0.25) is 0 Å². The van der Waals surface area contributed by atoms with Crippen molar-refractivity contribution in [3.05, 3.63) is 28.2 Å². The zero-order chi connectivity index (χ0) is 14.7. The van der Waals surface area contributed by atoms with Gasteiger partial charge in [0.15, 0.2) is 0 Å². The number of carboxylic acids is 1. The molecule has 5 nitrogen and oxygen atoms in total. The number of hydrogen-bond donors (Lipinski definition) is 2. The molecule has 20 heavy (non-hydrogen) atoms. The van der Waals surface area contributed by atoms with E-state index >= 15 is 0 Å². The van der Waals surface area contributed by atoms with Crippen molar-refractivity contribution in [1.29, 1.82) is 0 Å². The van der Waals surface area contributed by atoms with E-state index in [0.29, 0.717) is 18.0 Å². The molecule has 0 spiro atoms. The van der Waals surface area contributed by atoms with Gasteiger partial charge in [-0.25, -0.2) is 9.59 Å². The van der Waals surface area contributed by atoms with Crippen LogP contribution in [-0.2, 0) is 4.79 Å². The lowest BCUT2D eigenvalue weighted by Crippen LogP contribution is -2.51. The Morgan fingerprint density at radius 3 is 2.95 bits per heavy atom. The molecule has 2 rings (SSSR count). The summed E-state index contributed by atoms with van der Waals surface area (Å²) in [5.74, 6) is 0.222. The maximum absolute atomic E-state index is 12.3. The van der Waals surface area contributed by atoms with Crippen LogP contribution in [0.1, 0.15) is 5.56 Å². The van der Waals surface area contributed by atoms with Gasteiger partial charge < -0.3 is 15.3 Å². The van der Waals surface area contributed by atoms with Crippen molar-refractivity contribution in [3.8, 4) is 0 Å². The lowest BCUT2D eigenvalue weighted by Gasteiger charge is -2.32. The fraction of sp³-hybridized carbons (Fsp3) is 0.385. The van der Waals surface area contributed by atoms with Gasteiger partial charge in [0.05, 0.1) is 5.69 Å². The first-order valence-corrected chi connectivity index (χ1v) is 8.08. The molecule has 1 aliphatic heterocycles. The Balaban J connectivity index is 2.14. The van der Waals surface area contributed by atoms with Gasteiger partial charge in [0.1, 0.15) is 6.04 Å². The Hall–Kier alpha value is -1.21. The summed E-state index contributed by atoms with van der Waals surface area (Å²) in [5, 5.41) is 12.0. The SMILES string of the molecule is Cc1ccc(Br)c(NC(=O)N2CCSCC2C(=O)O)c1. The van der Waals surface area contributed by atoms with E-state index in [1.165, 1.54) is 4.90 Å². The molecule has 0 aromatic heterocycles. The van der Waals surface area contributed by atoms with Gasteiger partial charge in [-0.1, -0.05) is 6.07 Å². The number of amides is 2. The highest BCUT2D eigenvalue weighted by Crippen LogP contribution is 2.25. The summed E-state index contributed by atoms with van der Waals surface area (Å²) in [6, 6.07) is 4.49. The molecule has 0 saturated carbocycles. The predicted molar refractivity (Wildman–Crippen MR) is 83.4 cm³/mol. The van der Waals surface area contributed by atoms with Crippen LogP contribution in [0, 0.1) is 6.92 Å². The normalized spacial score (nSPS) is 18.7. The number of nitrogens with zero attached hydrogens (tertiary/aromatic N) is 1. The second-order valence-corrected chi connectivity index (χ2v) is 6.54. The second-order valence-electron chi connectivity index (χ2n) is 4.54. The summed E-state index contributed by atoms with van der Waals surface area (Å²) in [6.07, 6.45) is 0. The molecular formula is C13H15BrN2O3S. The molecule has 1 aromatic carbocycles. The molecule has 1 atom stereocenters. The topological polar surface area (TPSA) is 69.6 Å². The van der Waals surface area contributed by atoms with Crippen LogP contribution in [-0.4, -0.2) is 46.1 Å². The van der Waals surface area contributed by atoms with Crippen molar-refractivity contribution in [2.45, 2.75) is 13.0 Å². The number of benzene rings is 1. The molecule has 0 aliphatic carbocycles. The van der Waals surface area contributed by atoms with E-state index in [1.54, 1.807) is 11.8 Å². The molecule has 1 unspecified atom stereocenters. The van der Waals surface area contributed by atoms with E-state index in [-0.39, 0.29) is 6.03 Å². The lowest BCUT2D eigenvalue weighted by atomic mass is 10.2. The third kappa shape index (κ3) is 3.46. The molecular weight excluding hydrogens is 344 g/mol. The number of aryl methyl sites for hydroxylation is 1. The summed E-state index contributed by atoms with van der Waals surface area (Å²) in [5.41, 5.74) is 1.67. The minimum absolute atomic E-state index is 0.371. The third-order valence-corrected chi connectivity index (χ3v) is 4.75. The van der Waals surface area contributed by atoms with E-state index in [9.17, 15) is 14.7 Å². The summed E-state index contributed by atoms with van der Waals surface area (Å²) < 4.78 is 0.773. The highest BCUT2D eigenvalue weighted by molar-refractivity contribution is 9.10. The number of urea groups is 1. The van der Waals surface area contributed by atoms with Crippen LogP contribution in [0.25, 0.3) is 0 Å². The number of hydrogen-bond acceptors (Lipinski definition) is 3. The van der Waals surface area contributed by atoms with Crippen LogP contribution in [0.15, 0.2) is 22.7 Å². The Kier molecular flexibility index (Phi) is 4.93. The van der Waals surface area contributed by atoms with Gasteiger partial charge in [0.2, 0.25) is 0 Å². The molecule has 2 amide bonds. The molecule has 0 radical (unpaired) electrons. The van der Waals surface area contributed by atoms with Gasteiger partial charge in [-0.05, 0) is 40.5 Å². The van der Waals surface area contributed by atoms with Crippen LogP contribution in [0.3, 0.4) is 0 Å². The number of carbonyl (C=O) groups excluding carboxylic acids is 1. The Labute approximate surface area is 129 Å². The highest BCUT2D eigenvalue weighted by Gasteiger charge is 2.32. The van der Waals surface area contributed by atoms with Crippen LogP contribution < -0.4 is 5.32 Å². The quantitative estimate of drug-likeness (QED) is 0.852. The molecule has 0 bridgehead atoms. The monoisotopic (exact) mass is 358 g/mol. The molecule has 7 heteroatoms. The minimum atomic E-state index is -0.962. The number of thioether (sulfide) groups is 1. The zero-order valence-corrected chi connectivity index (χ0v) is 13.3. The number of halogens is 1. The molecule has 1 heterocycles. The molecule has 2 N–H and O–H groups in total. The van der Waals surface area contributed by atoms with Crippen LogP contribution in [0.4, 0.5) is 10.5 Å². The number of carbonyl (C=O) groups is 2. The van der Waals surface area contributed by atoms with E-state index in [4.69, 9.17) is 0 Å². The summed E-state index contributed by atoms with van der Waals surface area (Å²) in [7, 11) is 0. The van der Waals surface area contributed by atoms with Gasteiger partial charge in [-0.2, -0.15) is 11.8 Å². The number of aliphatic carboxylic acids is 1. The van der Waals surface area contributed by atoms with Gasteiger partial charge in [0.25, 0.3) is 0 Å². The van der Waals surface area contributed by atoms with E-state index in [2.05, 4.69) is 21.2 Å². The van der Waals surface area contributed by atoms with Crippen LogP contribution >= 0.6 is 27.7 Å². The minimum Gasteiger partial charge on any atom is -0.480 e. The molecule has 1 fully saturated rings. The zero-order valence-electron chi connectivity index (χ0n) is 10.9. The maximum Gasteiger partial charge on any atom is 0.327 e. The Morgan fingerprint density at radius 2 is 2.25 bits per heavy atom. The molecule has 1 saturated heterocycles. The van der Waals surface area contributed by atoms with E-state index in [0.717, 1.165) is 15.8 Å². The first kappa shape index (κ1) is 15.2. The van der Waals surface area contributed by atoms with Gasteiger partial charge in [0, 0.05) is 22.5 Å². The third-order valence-electron chi connectivity index (χ3n) is 3.04. The lowest BCUT2D eigenvalue weighted by molar-refractivity contribution is -0.141. The fourth-order valence-corrected chi connectivity index (χ4v) is 3.36. The first-order valence-electron chi connectivity index (χ1n) is 6.13. The number of carboxylic acid groups (broad SMARTS) is 1. The molecule has 1 aromatic rings. The fourth-order valence-electron chi connectivity index (χ4n) is 1.97. The Bertz CT molecular complexity index is 538. The van der Waals surface area contributed by atoms with Gasteiger partial charge in [-0.3, -0.25) is 0 Å². The van der Waals surface area contributed by atoms with Gasteiger partial charge >= 0.3 is 12.0 Å². The average molecular weight is 359 g/mol. The maximum atomic E-state index is 12.3. The second kappa shape index (κ2) is 6.49. The first-order chi connectivity index (χ1) is 9.49. The van der Waals surface area contributed by atoms with E-state index in [1.807, 2.05) is 25.1 Å². The van der Waals surface area contributed by atoms with Crippen molar-refractivity contribution in [2.75, 3.05) is 23.4 Å². The van der Waals surface area contributed by atoms with E-state index < -0.39 is 12.0 Å². The smallest absolute Gasteiger partial charge is 0.327 e. The van der Waals surface area contributed by atoms with Crippen molar-refractivity contribution < 1.29 is 14.7 Å². The molecule has 108 valence electrons. The number of anilines is 1. The highest BCUT2D eigenvalue weighted by atomic mass is 79.9.